The lowest BCUT2D eigenvalue weighted by atomic mass is 9.77. The van der Waals surface area contributed by atoms with E-state index in [2.05, 4.69) is 20.3 Å². The molecule has 0 bridgehead atoms. The van der Waals surface area contributed by atoms with Crippen molar-refractivity contribution in [3.8, 4) is 10.6 Å². The molecular weight excluding hydrogens is 505 g/mol. The molecule has 4 aromatic rings. The van der Waals surface area contributed by atoms with E-state index < -0.39 is 23.3 Å². The van der Waals surface area contributed by atoms with Gasteiger partial charge in [-0.25, -0.2) is 19.7 Å². The van der Waals surface area contributed by atoms with Crippen molar-refractivity contribution < 1.29 is 28.2 Å². The van der Waals surface area contributed by atoms with Crippen LogP contribution < -0.4 is 5.32 Å². The topological polar surface area (TPSA) is 108 Å². The number of hydrogen-bond acceptors (Lipinski definition) is 7. The number of nitrogens with one attached hydrogen (secondary N) is 1. The summed E-state index contributed by atoms with van der Waals surface area (Å²) in [6.07, 6.45) is -0.283. The van der Waals surface area contributed by atoms with Crippen molar-refractivity contribution in [3.05, 3.63) is 87.7 Å². The van der Waals surface area contributed by atoms with E-state index in [0.29, 0.717) is 51.8 Å². The highest BCUT2D eigenvalue weighted by atomic mass is 32.1. The number of carbonyl (C=O) groups is 1. The van der Waals surface area contributed by atoms with E-state index in [1.54, 1.807) is 24.4 Å². The van der Waals surface area contributed by atoms with Gasteiger partial charge in [0, 0.05) is 12.4 Å². The number of aromatic nitrogens is 3. The average molecular weight is 527 g/mol. The highest BCUT2D eigenvalue weighted by molar-refractivity contribution is 7.15. The fraction of sp³-hybridized carbons (Fsp3) is 0.231. The van der Waals surface area contributed by atoms with Gasteiger partial charge in [0.05, 0.1) is 21.7 Å². The number of pyridine rings is 2. The molecule has 0 unspecified atom stereocenters. The normalized spacial score (nSPS) is 17.3. The number of carboxylic acid groups (broad SMARTS) is 1. The van der Waals surface area contributed by atoms with Crippen LogP contribution in [0.15, 0.2) is 54.9 Å². The maximum Gasteiger partial charge on any atom is 0.416 e. The number of thiazole rings is 1. The Labute approximate surface area is 213 Å². The monoisotopic (exact) mass is 526 g/mol. The molecule has 7 nitrogen and oxygen atoms in total. The zero-order valence-corrected chi connectivity index (χ0v) is 20.3. The minimum absolute atomic E-state index is 0.00577. The molecule has 1 atom stereocenters. The number of nitrogens with zero attached hydrogens (tertiary/aromatic N) is 3. The van der Waals surface area contributed by atoms with Crippen LogP contribution in [-0.4, -0.2) is 31.1 Å². The smallest absolute Gasteiger partial charge is 0.416 e. The molecule has 3 aromatic heterocycles. The Kier molecular flexibility index (Phi) is 6.20. The van der Waals surface area contributed by atoms with Gasteiger partial charge in [0.2, 0.25) is 0 Å². The van der Waals surface area contributed by atoms with Crippen molar-refractivity contribution in [1.82, 2.24) is 15.0 Å². The molecule has 11 heteroatoms. The van der Waals surface area contributed by atoms with Crippen LogP contribution in [0.3, 0.4) is 0 Å². The van der Waals surface area contributed by atoms with E-state index in [1.165, 1.54) is 17.4 Å². The zero-order chi connectivity index (χ0) is 26.4. The Balaban J connectivity index is 1.48. The number of fused-ring (bicyclic) bond motifs is 1. The number of aryl methyl sites for hydroxylation is 1. The van der Waals surface area contributed by atoms with Crippen molar-refractivity contribution in [3.63, 3.8) is 0 Å². The van der Waals surface area contributed by atoms with Gasteiger partial charge in [-0.05, 0) is 73.2 Å². The molecule has 3 N–H and O–H groups in total. The van der Waals surface area contributed by atoms with E-state index in [1.807, 2.05) is 13.0 Å². The van der Waals surface area contributed by atoms with E-state index in [4.69, 9.17) is 0 Å². The lowest BCUT2D eigenvalue weighted by Crippen LogP contribution is -2.32. The molecule has 0 radical (unpaired) electrons. The minimum Gasteiger partial charge on any atom is -0.478 e. The number of hydrogen-bond donors (Lipinski definition) is 3. The van der Waals surface area contributed by atoms with Crippen molar-refractivity contribution in [1.29, 1.82) is 0 Å². The standard InChI is InChI=1S/C26H21F3N4O3S/c1-14-10-19(32-22(11-14)33-21-12-15(7-9-30-21)26(27,28)29)20-13-31-24(37-20)25(36)8-3-5-16-17(23(34)35)4-2-6-18(16)25/h2,4,6-7,9-13,36H,3,5,8H2,1H3,(H,34,35)(H,30,32,33)/t25-/m0/s1. The predicted octanol–water partition coefficient (Wildman–Crippen LogP) is 5.94. The van der Waals surface area contributed by atoms with Gasteiger partial charge in [-0.1, -0.05) is 12.1 Å². The van der Waals surface area contributed by atoms with E-state index in [-0.39, 0.29) is 11.4 Å². The second kappa shape index (κ2) is 9.24. The number of alkyl halides is 3. The summed E-state index contributed by atoms with van der Waals surface area (Å²) in [5.41, 5.74) is 0.390. The number of anilines is 2. The average Bonchev–Trinajstić information content (AvgIpc) is 3.35. The lowest BCUT2D eigenvalue weighted by Gasteiger charge is -2.33. The largest absolute Gasteiger partial charge is 0.478 e. The molecule has 3 heterocycles. The van der Waals surface area contributed by atoms with Crippen LogP contribution in [-0.2, 0) is 18.2 Å². The van der Waals surface area contributed by atoms with Crippen LogP contribution in [0, 0.1) is 6.92 Å². The lowest BCUT2D eigenvalue weighted by molar-refractivity contribution is -0.137. The first-order valence-electron chi connectivity index (χ1n) is 11.4. The van der Waals surface area contributed by atoms with E-state index in [0.717, 1.165) is 23.9 Å². The molecule has 1 aromatic carbocycles. The molecule has 1 aliphatic carbocycles. The first kappa shape index (κ1) is 24.8. The van der Waals surface area contributed by atoms with Gasteiger partial charge in [-0.3, -0.25) is 0 Å². The number of rotatable bonds is 5. The summed E-state index contributed by atoms with van der Waals surface area (Å²) in [5, 5.41) is 24.5. The fourth-order valence-electron chi connectivity index (χ4n) is 4.57. The van der Waals surface area contributed by atoms with Gasteiger partial charge >= 0.3 is 12.1 Å². The summed E-state index contributed by atoms with van der Waals surface area (Å²) in [4.78, 5) is 25.3. The molecule has 1 aliphatic rings. The van der Waals surface area contributed by atoms with Crippen molar-refractivity contribution in [2.45, 2.75) is 38.0 Å². The van der Waals surface area contributed by atoms with Crippen molar-refractivity contribution in [2.75, 3.05) is 5.32 Å². The van der Waals surface area contributed by atoms with E-state index >= 15 is 0 Å². The van der Waals surface area contributed by atoms with Crippen LogP contribution in [0.25, 0.3) is 10.6 Å². The third-order valence-electron chi connectivity index (χ3n) is 6.24. The quantitative estimate of drug-likeness (QED) is 0.295. The minimum atomic E-state index is -4.49. The summed E-state index contributed by atoms with van der Waals surface area (Å²) in [7, 11) is 0. The predicted molar refractivity (Wildman–Crippen MR) is 132 cm³/mol. The number of benzene rings is 1. The third kappa shape index (κ3) is 4.79. The molecule has 0 saturated carbocycles. The Morgan fingerprint density at radius 1 is 1.14 bits per heavy atom. The van der Waals surface area contributed by atoms with Crippen LogP contribution >= 0.6 is 11.3 Å². The molecule has 37 heavy (non-hydrogen) atoms. The third-order valence-corrected chi connectivity index (χ3v) is 7.41. The Morgan fingerprint density at radius 3 is 2.70 bits per heavy atom. The maximum absolute atomic E-state index is 13.1. The van der Waals surface area contributed by atoms with Gasteiger partial charge in [0.25, 0.3) is 0 Å². The Hall–Kier alpha value is -3.83. The summed E-state index contributed by atoms with van der Waals surface area (Å²) in [5.74, 6) is -0.726. The Bertz CT molecular complexity index is 1500. The first-order chi connectivity index (χ1) is 17.5. The first-order valence-corrected chi connectivity index (χ1v) is 12.2. The fourth-order valence-corrected chi connectivity index (χ4v) is 5.58. The van der Waals surface area contributed by atoms with Crippen LogP contribution in [0.1, 0.15) is 50.5 Å². The van der Waals surface area contributed by atoms with E-state index in [9.17, 15) is 28.2 Å². The molecule has 0 fully saturated rings. The highest BCUT2D eigenvalue weighted by Gasteiger charge is 2.40. The van der Waals surface area contributed by atoms with Crippen molar-refractivity contribution in [2.24, 2.45) is 0 Å². The van der Waals surface area contributed by atoms with Crippen molar-refractivity contribution >= 4 is 28.9 Å². The number of aliphatic hydroxyl groups is 1. The number of aromatic carboxylic acids is 1. The van der Waals surface area contributed by atoms with Gasteiger partial charge in [-0.2, -0.15) is 13.2 Å². The van der Waals surface area contributed by atoms with Gasteiger partial charge in [0.1, 0.15) is 22.2 Å². The number of carboxylic acids is 1. The molecule has 0 spiro atoms. The second-order valence-electron chi connectivity index (χ2n) is 8.85. The van der Waals surface area contributed by atoms with Crippen LogP contribution in [0.5, 0.6) is 0 Å². The van der Waals surface area contributed by atoms with Gasteiger partial charge in [-0.15, -0.1) is 11.3 Å². The summed E-state index contributed by atoms with van der Waals surface area (Å²) >= 11 is 1.24. The maximum atomic E-state index is 13.1. The molecule has 190 valence electrons. The van der Waals surface area contributed by atoms with Gasteiger partial charge in [0.15, 0.2) is 0 Å². The van der Waals surface area contributed by atoms with Crippen LogP contribution in [0.2, 0.25) is 0 Å². The second-order valence-corrected chi connectivity index (χ2v) is 9.88. The molecule has 0 saturated heterocycles. The molecule has 5 rings (SSSR count). The molecule has 0 aliphatic heterocycles. The zero-order valence-electron chi connectivity index (χ0n) is 19.5. The number of halogens is 3. The molecular formula is C26H21F3N4O3S. The molecule has 0 amide bonds. The highest BCUT2D eigenvalue weighted by Crippen LogP contribution is 2.44. The van der Waals surface area contributed by atoms with Crippen LogP contribution in [0.4, 0.5) is 24.8 Å². The Morgan fingerprint density at radius 2 is 1.95 bits per heavy atom. The SMILES string of the molecule is Cc1cc(Nc2cc(C(F)(F)F)ccn2)nc(-c2cnc([C@]3(O)CCCc4c(C(=O)O)cccc43)s2)c1. The van der Waals surface area contributed by atoms with Gasteiger partial charge < -0.3 is 15.5 Å². The summed E-state index contributed by atoms with van der Waals surface area (Å²) in [6, 6.07) is 10.2. The summed E-state index contributed by atoms with van der Waals surface area (Å²) in [6.45, 7) is 1.83. The summed E-state index contributed by atoms with van der Waals surface area (Å²) < 4.78 is 39.2.